The van der Waals surface area contributed by atoms with E-state index >= 15 is 0 Å². The van der Waals surface area contributed by atoms with Crippen LogP contribution in [0.2, 0.25) is 0 Å². The van der Waals surface area contributed by atoms with E-state index in [0.717, 1.165) is 24.8 Å². The zero-order valence-corrected chi connectivity index (χ0v) is 12.3. The van der Waals surface area contributed by atoms with Crippen LogP contribution in [-0.2, 0) is 0 Å². The summed E-state index contributed by atoms with van der Waals surface area (Å²) in [7, 11) is 1.77. The standard InChI is InChI=1S/C17H23F2N/c1-12-10-11-14(18)15(16(12)19)17(20-2)13-8-6-4-3-5-7-9-13/h8,10-11,17,20H,3-7,9H2,1-2H3/b13-8+. The molecule has 0 fully saturated rings. The molecule has 20 heavy (non-hydrogen) atoms. The van der Waals surface area contributed by atoms with Crippen molar-refractivity contribution in [3.63, 3.8) is 0 Å². The third-order valence-corrected chi connectivity index (χ3v) is 4.09. The van der Waals surface area contributed by atoms with Gasteiger partial charge in [0.15, 0.2) is 0 Å². The summed E-state index contributed by atoms with van der Waals surface area (Å²) in [5, 5.41) is 3.10. The molecule has 1 unspecified atom stereocenters. The number of likely N-dealkylation sites (N-methyl/N-ethyl adjacent to an activating group) is 1. The highest BCUT2D eigenvalue weighted by molar-refractivity contribution is 5.34. The average molecular weight is 279 g/mol. The highest BCUT2D eigenvalue weighted by Crippen LogP contribution is 2.32. The highest BCUT2D eigenvalue weighted by Gasteiger charge is 2.23. The molecule has 1 N–H and O–H groups in total. The second kappa shape index (κ2) is 6.98. The Balaban J connectivity index is 2.39. The van der Waals surface area contributed by atoms with Gasteiger partial charge in [0.25, 0.3) is 0 Å². The van der Waals surface area contributed by atoms with E-state index in [4.69, 9.17) is 0 Å². The maximum atomic E-state index is 14.3. The van der Waals surface area contributed by atoms with Gasteiger partial charge < -0.3 is 5.32 Å². The molecule has 2 rings (SSSR count). The fourth-order valence-corrected chi connectivity index (χ4v) is 2.94. The number of hydrogen-bond acceptors (Lipinski definition) is 1. The van der Waals surface area contributed by atoms with Crippen molar-refractivity contribution in [2.24, 2.45) is 0 Å². The lowest BCUT2D eigenvalue weighted by Crippen LogP contribution is -2.22. The molecule has 1 aromatic rings. The first-order valence-electron chi connectivity index (χ1n) is 7.46. The molecule has 1 aliphatic carbocycles. The first kappa shape index (κ1) is 15.2. The second-order valence-corrected chi connectivity index (χ2v) is 5.55. The Morgan fingerprint density at radius 3 is 2.60 bits per heavy atom. The normalized spacial score (nSPS) is 20.7. The topological polar surface area (TPSA) is 12.0 Å². The summed E-state index contributed by atoms with van der Waals surface area (Å²) in [5.74, 6) is -0.886. The zero-order valence-electron chi connectivity index (χ0n) is 12.3. The summed E-state index contributed by atoms with van der Waals surface area (Å²) in [6, 6.07) is 2.50. The molecule has 0 heterocycles. The molecular formula is C17H23F2N. The molecule has 0 radical (unpaired) electrons. The lowest BCUT2D eigenvalue weighted by atomic mass is 9.90. The van der Waals surface area contributed by atoms with Gasteiger partial charge in [-0.25, -0.2) is 8.78 Å². The molecule has 0 saturated heterocycles. The molecule has 0 spiro atoms. The Bertz CT molecular complexity index is 494. The molecule has 1 aromatic carbocycles. The largest absolute Gasteiger partial charge is 0.309 e. The monoisotopic (exact) mass is 279 g/mol. The van der Waals surface area contributed by atoms with Crippen LogP contribution in [0.4, 0.5) is 8.78 Å². The molecule has 0 bridgehead atoms. The number of aryl methyl sites for hydroxylation is 1. The number of benzene rings is 1. The van der Waals surface area contributed by atoms with Gasteiger partial charge in [0, 0.05) is 5.56 Å². The smallest absolute Gasteiger partial charge is 0.134 e. The average Bonchev–Trinajstić information content (AvgIpc) is 2.40. The van der Waals surface area contributed by atoms with Crippen LogP contribution in [-0.4, -0.2) is 7.05 Å². The van der Waals surface area contributed by atoms with Crippen molar-refractivity contribution in [3.8, 4) is 0 Å². The fourth-order valence-electron chi connectivity index (χ4n) is 2.94. The van der Waals surface area contributed by atoms with E-state index in [0.29, 0.717) is 5.56 Å². The number of allylic oxidation sites excluding steroid dienone is 1. The van der Waals surface area contributed by atoms with E-state index in [1.807, 2.05) is 0 Å². The predicted octanol–water partition coefficient (Wildman–Crippen LogP) is 4.81. The number of rotatable bonds is 3. The van der Waals surface area contributed by atoms with Crippen LogP contribution in [0.25, 0.3) is 0 Å². The van der Waals surface area contributed by atoms with Crippen LogP contribution in [0.1, 0.15) is 55.7 Å². The number of hydrogen-bond donors (Lipinski definition) is 1. The fraction of sp³-hybridized carbons (Fsp3) is 0.529. The van der Waals surface area contributed by atoms with Crippen molar-refractivity contribution in [1.82, 2.24) is 5.32 Å². The van der Waals surface area contributed by atoms with Crippen LogP contribution in [0.3, 0.4) is 0 Å². The molecule has 3 heteroatoms. The molecule has 1 aliphatic rings. The summed E-state index contributed by atoms with van der Waals surface area (Å²) < 4.78 is 28.4. The lowest BCUT2D eigenvalue weighted by Gasteiger charge is -2.23. The van der Waals surface area contributed by atoms with Crippen molar-refractivity contribution in [1.29, 1.82) is 0 Å². The minimum atomic E-state index is -0.463. The van der Waals surface area contributed by atoms with E-state index in [1.165, 1.54) is 31.4 Å². The summed E-state index contributed by atoms with van der Waals surface area (Å²) in [6.45, 7) is 1.68. The molecule has 1 atom stereocenters. The van der Waals surface area contributed by atoms with Crippen LogP contribution >= 0.6 is 0 Å². The summed E-state index contributed by atoms with van der Waals surface area (Å²) in [5.41, 5.74) is 1.78. The van der Waals surface area contributed by atoms with Crippen LogP contribution in [0.15, 0.2) is 23.8 Å². The van der Waals surface area contributed by atoms with Gasteiger partial charge in [0.1, 0.15) is 11.6 Å². The maximum absolute atomic E-state index is 14.3. The Labute approximate surface area is 120 Å². The summed E-state index contributed by atoms with van der Waals surface area (Å²) >= 11 is 0. The van der Waals surface area contributed by atoms with Gasteiger partial charge in [-0.15, -0.1) is 0 Å². The minimum Gasteiger partial charge on any atom is -0.309 e. The molecule has 0 saturated carbocycles. The quantitative estimate of drug-likeness (QED) is 0.783. The minimum absolute atomic E-state index is 0.166. The maximum Gasteiger partial charge on any atom is 0.134 e. The Kier molecular flexibility index (Phi) is 5.30. The first-order chi connectivity index (χ1) is 9.65. The van der Waals surface area contributed by atoms with E-state index in [2.05, 4.69) is 11.4 Å². The number of nitrogens with one attached hydrogen (secondary N) is 1. The predicted molar refractivity (Wildman–Crippen MR) is 78.7 cm³/mol. The number of halogens is 2. The Morgan fingerprint density at radius 2 is 1.85 bits per heavy atom. The molecule has 1 nitrogen and oxygen atoms in total. The van der Waals surface area contributed by atoms with Gasteiger partial charge in [-0.2, -0.15) is 0 Å². The van der Waals surface area contributed by atoms with Crippen molar-refractivity contribution < 1.29 is 8.78 Å². The van der Waals surface area contributed by atoms with Gasteiger partial charge >= 0.3 is 0 Å². The van der Waals surface area contributed by atoms with Crippen molar-refractivity contribution in [2.45, 2.75) is 51.5 Å². The van der Waals surface area contributed by atoms with E-state index in [1.54, 1.807) is 14.0 Å². The first-order valence-corrected chi connectivity index (χ1v) is 7.46. The summed E-state index contributed by atoms with van der Waals surface area (Å²) in [6.07, 6.45) is 8.80. The van der Waals surface area contributed by atoms with Crippen LogP contribution < -0.4 is 5.32 Å². The van der Waals surface area contributed by atoms with Crippen molar-refractivity contribution in [2.75, 3.05) is 7.05 Å². The van der Waals surface area contributed by atoms with Gasteiger partial charge in [-0.1, -0.05) is 30.6 Å². The summed E-state index contributed by atoms with van der Waals surface area (Å²) in [4.78, 5) is 0. The Morgan fingerprint density at radius 1 is 1.10 bits per heavy atom. The van der Waals surface area contributed by atoms with Gasteiger partial charge in [0.2, 0.25) is 0 Å². The SMILES string of the molecule is CNC(/C1=C/CCCCCC1)c1c(F)ccc(C)c1F. The van der Waals surface area contributed by atoms with Gasteiger partial charge in [0.05, 0.1) is 6.04 Å². The van der Waals surface area contributed by atoms with E-state index < -0.39 is 11.6 Å². The molecule has 0 amide bonds. The highest BCUT2D eigenvalue weighted by atomic mass is 19.1. The molecular weight excluding hydrogens is 256 g/mol. The van der Waals surface area contributed by atoms with Gasteiger partial charge in [-0.3, -0.25) is 0 Å². The molecule has 0 aliphatic heterocycles. The Hall–Kier alpha value is -1.22. The van der Waals surface area contributed by atoms with Crippen LogP contribution in [0, 0.1) is 18.6 Å². The van der Waals surface area contributed by atoms with Crippen molar-refractivity contribution in [3.05, 3.63) is 46.5 Å². The second-order valence-electron chi connectivity index (χ2n) is 5.55. The van der Waals surface area contributed by atoms with Crippen molar-refractivity contribution >= 4 is 0 Å². The van der Waals surface area contributed by atoms with E-state index in [-0.39, 0.29) is 11.6 Å². The molecule has 110 valence electrons. The zero-order chi connectivity index (χ0) is 14.5. The van der Waals surface area contributed by atoms with E-state index in [9.17, 15) is 8.78 Å². The third kappa shape index (κ3) is 3.26. The van der Waals surface area contributed by atoms with Gasteiger partial charge in [-0.05, 0) is 51.3 Å². The lowest BCUT2D eigenvalue weighted by molar-refractivity contribution is 0.499. The third-order valence-electron chi connectivity index (χ3n) is 4.09. The van der Waals surface area contributed by atoms with Crippen LogP contribution in [0.5, 0.6) is 0 Å². The molecule has 0 aromatic heterocycles.